The number of hydrogen-bond donors (Lipinski definition) is 3. The molecule has 120 valence electrons. The van der Waals surface area contributed by atoms with Gasteiger partial charge in [-0.25, -0.2) is 19.1 Å². The lowest BCUT2D eigenvalue weighted by Gasteiger charge is -2.02. The Kier molecular flexibility index (Phi) is 3.01. The molecule has 11 nitrogen and oxygen atoms in total. The van der Waals surface area contributed by atoms with Crippen LogP contribution >= 0.6 is 0 Å². The Morgan fingerprint density at radius 1 is 1.26 bits per heavy atom. The minimum atomic E-state index is -4.86. The zero-order chi connectivity index (χ0) is 16.8. The monoisotopic (exact) mass is 331 g/mol. The molecular weight excluding hydrogens is 327 g/mol. The lowest BCUT2D eigenvalue weighted by molar-refractivity contribution is -0.156. The molecule has 14 heteroatoms. The van der Waals surface area contributed by atoms with E-state index in [4.69, 9.17) is 0 Å². The minimum absolute atomic E-state index is 0.249. The molecule has 0 radical (unpaired) electrons. The summed E-state index contributed by atoms with van der Waals surface area (Å²) in [6.45, 7) is 0. The van der Waals surface area contributed by atoms with Crippen LogP contribution in [0, 0.1) is 0 Å². The molecule has 0 fully saturated rings. The van der Waals surface area contributed by atoms with E-state index in [-0.39, 0.29) is 11.2 Å². The highest BCUT2D eigenvalue weighted by molar-refractivity contribution is 5.94. The van der Waals surface area contributed by atoms with Crippen molar-refractivity contribution in [2.75, 3.05) is 5.32 Å². The van der Waals surface area contributed by atoms with Crippen molar-refractivity contribution in [3.63, 3.8) is 0 Å². The van der Waals surface area contributed by atoms with E-state index in [9.17, 15) is 27.6 Å². The number of nitrogens with zero attached hydrogens (tertiary/aromatic N) is 4. The number of alkyl halides is 3. The third kappa shape index (κ3) is 2.56. The molecule has 23 heavy (non-hydrogen) atoms. The van der Waals surface area contributed by atoms with Crippen molar-refractivity contribution in [1.82, 2.24) is 29.7 Å². The lowest BCUT2D eigenvalue weighted by atomic mass is 10.5. The summed E-state index contributed by atoms with van der Waals surface area (Å²) in [5, 5.41) is 7.60. The maximum Gasteiger partial charge on any atom is 0.470 e. The van der Waals surface area contributed by atoms with Gasteiger partial charge in [-0.1, -0.05) is 5.10 Å². The van der Waals surface area contributed by atoms with Crippen LogP contribution in [0.5, 0.6) is 0 Å². The average molecular weight is 331 g/mol. The normalized spacial score (nSPS) is 11.8. The van der Waals surface area contributed by atoms with Gasteiger partial charge in [-0.15, -0.1) is 5.10 Å². The Bertz CT molecular complexity index is 1010. The molecule has 3 aromatic heterocycles. The zero-order valence-electron chi connectivity index (χ0n) is 10.6. The van der Waals surface area contributed by atoms with Crippen molar-refractivity contribution in [2.45, 2.75) is 6.18 Å². The highest BCUT2D eigenvalue weighted by Crippen LogP contribution is 2.28. The summed E-state index contributed by atoms with van der Waals surface area (Å²) in [5.74, 6) is -1.65. The average Bonchev–Trinajstić information content (AvgIpc) is 3.04. The van der Waals surface area contributed by atoms with Crippen LogP contribution in [0.25, 0.3) is 11.2 Å². The van der Waals surface area contributed by atoms with E-state index in [1.54, 1.807) is 0 Å². The summed E-state index contributed by atoms with van der Waals surface area (Å²) in [7, 11) is 0. The summed E-state index contributed by atoms with van der Waals surface area (Å²) in [6, 6.07) is -1.90. The van der Waals surface area contributed by atoms with Gasteiger partial charge in [-0.2, -0.15) is 13.2 Å². The van der Waals surface area contributed by atoms with Crippen LogP contribution in [0.15, 0.2) is 20.3 Å². The number of H-pyrrole nitrogens is 2. The number of hydrogen-bond acceptors (Lipinski definition) is 7. The molecule has 3 aromatic rings. The van der Waals surface area contributed by atoms with Crippen LogP contribution in [0.2, 0.25) is 0 Å². The van der Waals surface area contributed by atoms with Gasteiger partial charge in [0.15, 0.2) is 11.2 Å². The van der Waals surface area contributed by atoms with Gasteiger partial charge >= 0.3 is 29.8 Å². The molecule has 0 bridgehead atoms. The molecule has 0 saturated heterocycles. The molecule has 0 spiro atoms. The quantitative estimate of drug-likeness (QED) is 0.563. The number of aromatic amines is 2. The number of nitrogens with one attached hydrogen (secondary N) is 3. The van der Waals surface area contributed by atoms with E-state index < -0.39 is 35.4 Å². The summed E-state index contributed by atoms with van der Waals surface area (Å²) in [6.07, 6.45) is -3.98. The number of aromatic nitrogens is 6. The fraction of sp³-hybridized carbons (Fsp3) is 0.111. The molecule has 0 aromatic carbocycles. The van der Waals surface area contributed by atoms with Crippen LogP contribution in [-0.4, -0.2) is 35.7 Å². The van der Waals surface area contributed by atoms with Crippen LogP contribution in [0.1, 0.15) is 5.89 Å². The van der Waals surface area contributed by atoms with Crippen molar-refractivity contribution in [1.29, 1.82) is 0 Å². The molecule has 1 amide bonds. The second-order valence-corrected chi connectivity index (χ2v) is 4.06. The Morgan fingerprint density at radius 3 is 2.65 bits per heavy atom. The van der Waals surface area contributed by atoms with Gasteiger partial charge in [0.2, 0.25) is 0 Å². The van der Waals surface area contributed by atoms with Gasteiger partial charge < -0.3 is 4.42 Å². The third-order valence-corrected chi connectivity index (χ3v) is 2.54. The number of anilines is 1. The molecule has 0 aliphatic heterocycles. The van der Waals surface area contributed by atoms with Crippen molar-refractivity contribution < 1.29 is 22.4 Å². The molecule has 0 unspecified atom stereocenters. The van der Waals surface area contributed by atoms with Crippen LogP contribution < -0.4 is 16.6 Å². The first-order chi connectivity index (χ1) is 10.8. The number of amides is 1. The van der Waals surface area contributed by atoms with Gasteiger partial charge in [0, 0.05) is 0 Å². The number of carbonyl (C=O) groups excluding carboxylic acids is 1. The van der Waals surface area contributed by atoms with Crippen molar-refractivity contribution in [3.8, 4) is 0 Å². The molecule has 3 heterocycles. The molecule has 3 N–H and O–H groups in total. The summed E-state index contributed by atoms with van der Waals surface area (Å²) in [5.41, 5.74) is -2.24. The molecule has 0 saturated carbocycles. The maximum atomic E-state index is 12.3. The third-order valence-electron chi connectivity index (χ3n) is 2.54. The van der Waals surface area contributed by atoms with Crippen LogP contribution in [0.3, 0.4) is 0 Å². The van der Waals surface area contributed by atoms with Gasteiger partial charge in [0.1, 0.15) is 6.33 Å². The van der Waals surface area contributed by atoms with E-state index >= 15 is 0 Å². The van der Waals surface area contributed by atoms with E-state index in [0.29, 0.717) is 4.57 Å². The Morgan fingerprint density at radius 2 is 2.00 bits per heavy atom. The smallest absolute Gasteiger partial charge is 0.399 e. The number of halogens is 3. The summed E-state index contributed by atoms with van der Waals surface area (Å²) >= 11 is 0. The standard InChI is InChI=1S/C9H4F3N7O4/c10-9(11,12)5-17-18-7(23-5)16-8(22)19-1-13-2-3(19)14-6(21)15-4(2)20/h1H,(H,16,18,22)(H2,14,15,20,21). The summed E-state index contributed by atoms with van der Waals surface area (Å²) < 4.78 is 41.8. The second kappa shape index (κ2) is 4.79. The topological polar surface area (TPSA) is 152 Å². The largest absolute Gasteiger partial charge is 0.470 e. The van der Waals surface area contributed by atoms with Gasteiger partial charge in [-0.3, -0.25) is 20.1 Å². The van der Waals surface area contributed by atoms with E-state index in [1.807, 2.05) is 10.3 Å². The number of fused-ring (bicyclic) bond motifs is 1. The highest BCUT2D eigenvalue weighted by atomic mass is 19.4. The minimum Gasteiger partial charge on any atom is -0.399 e. The van der Waals surface area contributed by atoms with E-state index in [1.165, 1.54) is 0 Å². The SMILES string of the molecule is O=C(Nc1nnc(C(F)(F)F)o1)n1cnc2c(=O)[nH]c(=O)[nH]c21. The first kappa shape index (κ1) is 14.5. The Hall–Kier alpha value is -3.45. The summed E-state index contributed by atoms with van der Waals surface area (Å²) in [4.78, 5) is 42.3. The first-order valence-electron chi connectivity index (χ1n) is 5.67. The predicted molar refractivity (Wildman–Crippen MR) is 64.7 cm³/mol. The fourth-order valence-corrected chi connectivity index (χ4v) is 1.63. The molecule has 0 atom stereocenters. The second-order valence-electron chi connectivity index (χ2n) is 4.06. The first-order valence-corrected chi connectivity index (χ1v) is 5.67. The van der Waals surface area contributed by atoms with E-state index in [0.717, 1.165) is 6.33 Å². The molecule has 0 aliphatic carbocycles. The van der Waals surface area contributed by atoms with Crippen molar-refractivity contribution >= 4 is 23.2 Å². The molecular formula is C9H4F3N7O4. The van der Waals surface area contributed by atoms with Crippen molar-refractivity contribution in [2.24, 2.45) is 0 Å². The molecule has 0 aliphatic rings. The van der Waals surface area contributed by atoms with Crippen molar-refractivity contribution in [3.05, 3.63) is 33.1 Å². The lowest BCUT2D eigenvalue weighted by Crippen LogP contribution is -2.25. The van der Waals surface area contributed by atoms with Gasteiger partial charge in [0.05, 0.1) is 0 Å². The van der Waals surface area contributed by atoms with Crippen LogP contribution in [0.4, 0.5) is 24.0 Å². The predicted octanol–water partition coefficient (Wildman–Crippen LogP) is -0.105. The molecule has 3 rings (SSSR count). The number of imidazole rings is 1. The van der Waals surface area contributed by atoms with Crippen LogP contribution in [-0.2, 0) is 6.18 Å². The number of carbonyl (C=O) groups is 1. The van der Waals surface area contributed by atoms with Gasteiger partial charge in [0.25, 0.3) is 5.56 Å². The Labute approximate surface area is 121 Å². The Balaban J connectivity index is 1.94. The highest BCUT2D eigenvalue weighted by Gasteiger charge is 2.38. The zero-order valence-corrected chi connectivity index (χ0v) is 10.6. The van der Waals surface area contributed by atoms with Gasteiger partial charge in [-0.05, 0) is 0 Å². The fourth-order valence-electron chi connectivity index (χ4n) is 1.63. The number of rotatable bonds is 1. The van der Waals surface area contributed by atoms with E-state index in [2.05, 4.69) is 24.6 Å². The maximum absolute atomic E-state index is 12.3.